The molecule has 0 saturated carbocycles. The highest BCUT2D eigenvalue weighted by molar-refractivity contribution is 9.10. The molecule has 0 aromatic heterocycles. The first-order valence-electron chi connectivity index (χ1n) is 5.56. The van der Waals surface area contributed by atoms with E-state index in [9.17, 15) is 9.90 Å². The van der Waals surface area contributed by atoms with Crippen molar-refractivity contribution in [3.8, 4) is 5.75 Å². The van der Waals surface area contributed by atoms with Crippen molar-refractivity contribution in [2.45, 2.75) is 12.5 Å². The molecule has 1 atom stereocenters. The number of benzene rings is 1. The van der Waals surface area contributed by atoms with Crippen molar-refractivity contribution >= 4 is 21.8 Å². The maximum absolute atomic E-state index is 12.2. The van der Waals surface area contributed by atoms with Crippen LogP contribution in [0.4, 0.5) is 0 Å². The second-order valence-corrected chi connectivity index (χ2v) is 5.08. The number of nitrogens with one attached hydrogen (secondary N) is 1. The summed E-state index contributed by atoms with van der Waals surface area (Å²) < 4.78 is 0.597. The van der Waals surface area contributed by atoms with Crippen molar-refractivity contribution in [3.05, 3.63) is 28.2 Å². The Hall–Kier alpha value is -1.07. The Labute approximate surface area is 109 Å². The van der Waals surface area contributed by atoms with Crippen molar-refractivity contribution in [2.24, 2.45) is 0 Å². The third-order valence-corrected chi connectivity index (χ3v) is 3.77. The number of phenolic OH excluding ortho intramolecular Hbond substituents is 1. The lowest BCUT2D eigenvalue weighted by molar-refractivity contribution is 0.0743. The van der Waals surface area contributed by atoms with Gasteiger partial charge in [-0.3, -0.25) is 4.79 Å². The number of amides is 1. The normalized spacial score (nSPS) is 19.3. The zero-order chi connectivity index (χ0) is 12.4. The zero-order valence-corrected chi connectivity index (χ0v) is 11.2. The summed E-state index contributed by atoms with van der Waals surface area (Å²) in [5, 5.41) is 12.8. The maximum Gasteiger partial charge on any atom is 0.254 e. The molecule has 1 aromatic rings. The molecule has 0 bridgehead atoms. The number of nitrogens with zero attached hydrogens (tertiary/aromatic N) is 1. The Morgan fingerprint density at radius 1 is 1.59 bits per heavy atom. The second kappa shape index (κ2) is 5.06. The molecule has 5 heteroatoms. The van der Waals surface area contributed by atoms with Crippen molar-refractivity contribution < 1.29 is 9.90 Å². The van der Waals surface area contributed by atoms with E-state index in [0.29, 0.717) is 10.0 Å². The third kappa shape index (κ3) is 2.61. The van der Waals surface area contributed by atoms with E-state index in [1.165, 1.54) is 6.07 Å². The van der Waals surface area contributed by atoms with Crippen molar-refractivity contribution in [2.75, 3.05) is 20.1 Å². The summed E-state index contributed by atoms with van der Waals surface area (Å²) in [6.07, 6.45) is 0.977. The highest BCUT2D eigenvalue weighted by Crippen LogP contribution is 2.25. The van der Waals surface area contributed by atoms with E-state index in [2.05, 4.69) is 21.2 Å². The number of aromatic hydroxyl groups is 1. The van der Waals surface area contributed by atoms with Gasteiger partial charge in [-0.2, -0.15) is 0 Å². The summed E-state index contributed by atoms with van der Waals surface area (Å²) in [7, 11) is 1.80. The number of phenols is 1. The van der Waals surface area contributed by atoms with E-state index < -0.39 is 0 Å². The molecule has 1 aromatic carbocycles. The molecular weight excluding hydrogens is 284 g/mol. The predicted octanol–water partition coefficient (Wildman–Crippen LogP) is 1.59. The van der Waals surface area contributed by atoms with Gasteiger partial charge in [0.05, 0.1) is 4.47 Å². The van der Waals surface area contributed by atoms with Crippen molar-refractivity contribution in [1.29, 1.82) is 0 Å². The smallest absolute Gasteiger partial charge is 0.254 e. The number of hydrogen-bond donors (Lipinski definition) is 2. The lowest BCUT2D eigenvalue weighted by Crippen LogP contribution is -2.38. The maximum atomic E-state index is 12.2. The van der Waals surface area contributed by atoms with Crippen LogP contribution in [0.3, 0.4) is 0 Å². The van der Waals surface area contributed by atoms with E-state index in [1.54, 1.807) is 24.1 Å². The van der Waals surface area contributed by atoms with E-state index >= 15 is 0 Å². The summed E-state index contributed by atoms with van der Waals surface area (Å²) in [6.45, 7) is 1.79. The minimum Gasteiger partial charge on any atom is -0.507 e. The lowest BCUT2D eigenvalue weighted by atomic mass is 10.1. The van der Waals surface area contributed by atoms with Gasteiger partial charge in [0, 0.05) is 25.2 Å². The first-order chi connectivity index (χ1) is 8.09. The number of hydrogen-bond acceptors (Lipinski definition) is 3. The average molecular weight is 299 g/mol. The minimum atomic E-state index is -0.0542. The van der Waals surface area contributed by atoms with Crippen LogP contribution in [-0.4, -0.2) is 42.1 Å². The van der Waals surface area contributed by atoms with Gasteiger partial charge in [-0.05, 0) is 47.1 Å². The molecule has 2 N–H and O–H groups in total. The molecule has 1 saturated heterocycles. The molecule has 0 aliphatic carbocycles. The fourth-order valence-electron chi connectivity index (χ4n) is 1.99. The van der Waals surface area contributed by atoms with Crippen LogP contribution in [0.1, 0.15) is 16.8 Å². The average Bonchev–Trinajstić information content (AvgIpc) is 2.84. The monoisotopic (exact) mass is 298 g/mol. The topological polar surface area (TPSA) is 52.6 Å². The molecule has 2 rings (SSSR count). The van der Waals surface area contributed by atoms with E-state index in [-0.39, 0.29) is 17.7 Å². The zero-order valence-electron chi connectivity index (χ0n) is 9.61. The number of carbonyl (C=O) groups excluding carboxylic acids is 1. The lowest BCUT2D eigenvalue weighted by Gasteiger charge is -2.23. The largest absolute Gasteiger partial charge is 0.507 e. The minimum absolute atomic E-state index is 0.0542. The molecule has 92 valence electrons. The number of rotatable bonds is 2. The molecule has 1 aliphatic rings. The van der Waals surface area contributed by atoms with Crippen molar-refractivity contribution in [1.82, 2.24) is 10.2 Å². The van der Waals surface area contributed by atoms with Crippen LogP contribution in [0, 0.1) is 0 Å². The van der Waals surface area contributed by atoms with Crippen LogP contribution in [-0.2, 0) is 0 Å². The van der Waals surface area contributed by atoms with Gasteiger partial charge in [0.1, 0.15) is 5.75 Å². The molecule has 1 amide bonds. The molecule has 0 spiro atoms. The molecule has 1 unspecified atom stereocenters. The Morgan fingerprint density at radius 2 is 2.35 bits per heavy atom. The summed E-state index contributed by atoms with van der Waals surface area (Å²) in [5.41, 5.74) is 0.514. The Kier molecular flexibility index (Phi) is 3.69. The van der Waals surface area contributed by atoms with Crippen LogP contribution < -0.4 is 5.32 Å². The highest BCUT2D eigenvalue weighted by atomic mass is 79.9. The van der Waals surface area contributed by atoms with Gasteiger partial charge in [0.2, 0.25) is 0 Å². The fraction of sp³-hybridized carbons (Fsp3) is 0.417. The van der Waals surface area contributed by atoms with Gasteiger partial charge < -0.3 is 15.3 Å². The molecule has 0 radical (unpaired) electrons. The van der Waals surface area contributed by atoms with Gasteiger partial charge in [-0.1, -0.05) is 0 Å². The first-order valence-corrected chi connectivity index (χ1v) is 6.35. The molecule has 1 aliphatic heterocycles. The Morgan fingerprint density at radius 3 is 2.94 bits per heavy atom. The van der Waals surface area contributed by atoms with Crippen LogP contribution in [0.15, 0.2) is 22.7 Å². The molecule has 1 heterocycles. The van der Waals surface area contributed by atoms with Crippen LogP contribution in [0.5, 0.6) is 5.75 Å². The summed E-state index contributed by atoms with van der Waals surface area (Å²) in [6, 6.07) is 5.13. The Bertz CT molecular complexity index is 431. The quantitative estimate of drug-likeness (QED) is 0.872. The second-order valence-electron chi connectivity index (χ2n) is 4.23. The van der Waals surface area contributed by atoms with Crippen LogP contribution in [0.25, 0.3) is 0 Å². The number of likely N-dealkylation sites (N-methyl/N-ethyl adjacent to an activating group) is 1. The molecular formula is C12H15BrN2O2. The van der Waals surface area contributed by atoms with Crippen molar-refractivity contribution in [3.63, 3.8) is 0 Å². The standard InChI is InChI=1S/C12H15BrN2O2/c1-15(9-4-5-14-7-9)12(17)8-2-3-10(13)11(16)6-8/h2-3,6,9,14,16H,4-5,7H2,1H3. The molecule has 1 fully saturated rings. The summed E-state index contributed by atoms with van der Waals surface area (Å²) in [5.74, 6) is 0.0373. The number of carbonyl (C=O) groups is 1. The van der Waals surface area contributed by atoms with Gasteiger partial charge in [0.15, 0.2) is 0 Å². The van der Waals surface area contributed by atoms with E-state index in [0.717, 1.165) is 19.5 Å². The van der Waals surface area contributed by atoms with Crippen LogP contribution >= 0.6 is 15.9 Å². The molecule has 4 nitrogen and oxygen atoms in total. The summed E-state index contributed by atoms with van der Waals surface area (Å²) >= 11 is 3.20. The number of halogens is 1. The third-order valence-electron chi connectivity index (χ3n) is 3.10. The van der Waals surface area contributed by atoms with Gasteiger partial charge in [-0.15, -0.1) is 0 Å². The first kappa shape index (κ1) is 12.4. The SMILES string of the molecule is CN(C(=O)c1ccc(Br)c(O)c1)C1CCNC1. The molecule has 17 heavy (non-hydrogen) atoms. The van der Waals surface area contributed by atoms with Gasteiger partial charge >= 0.3 is 0 Å². The Balaban J connectivity index is 2.15. The van der Waals surface area contributed by atoms with E-state index in [1.807, 2.05) is 0 Å². The fourth-order valence-corrected chi connectivity index (χ4v) is 2.23. The van der Waals surface area contributed by atoms with Gasteiger partial charge in [-0.25, -0.2) is 0 Å². The van der Waals surface area contributed by atoms with Crippen LogP contribution in [0.2, 0.25) is 0 Å². The van der Waals surface area contributed by atoms with Gasteiger partial charge in [0.25, 0.3) is 5.91 Å². The predicted molar refractivity (Wildman–Crippen MR) is 69.2 cm³/mol. The van der Waals surface area contributed by atoms with E-state index in [4.69, 9.17) is 0 Å². The summed E-state index contributed by atoms with van der Waals surface area (Å²) in [4.78, 5) is 13.9. The highest BCUT2D eigenvalue weighted by Gasteiger charge is 2.24.